The molecule has 1 atom stereocenters. The molecule has 0 radical (unpaired) electrons. The van der Waals surface area contributed by atoms with Gasteiger partial charge >= 0.3 is 0 Å². The fourth-order valence-electron chi connectivity index (χ4n) is 3.19. The van der Waals surface area contributed by atoms with Crippen LogP contribution in [0.25, 0.3) is 11.3 Å². The zero-order valence-corrected chi connectivity index (χ0v) is 16.0. The van der Waals surface area contributed by atoms with Crippen LogP contribution in [0.5, 0.6) is 0 Å². The number of hydrogen-bond acceptors (Lipinski definition) is 5. The Morgan fingerprint density at radius 3 is 2.38 bits per heavy atom. The van der Waals surface area contributed by atoms with Crippen molar-refractivity contribution >= 4 is 0 Å². The summed E-state index contributed by atoms with van der Waals surface area (Å²) in [5.74, 6) is 0.672. The second kappa shape index (κ2) is 8.65. The van der Waals surface area contributed by atoms with Crippen molar-refractivity contribution in [3.05, 3.63) is 102 Å². The molecule has 6 heteroatoms. The Bertz CT molecular complexity index is 1070. The molecule has 3 heterocycles. The SMILES string of the molecule is C[C@H](Cc1nc(Cc2cnccn2)cc(-c2ccncc2)n1)c1ccc(F)cc1. The maximum Gasteiger partial charge on any atom is 0.129 e. The Morgan fingerprint density at radius 2 is 1.66 bits per heavy atom. The molecule has 0 spiro atoms. The summed E-state index contributed by atoms with van der Waals surface area (Å²) in [4.78, 5) is 22.1. The molecule has 0 fully saturated rings. The van der Waals surface area contributed by atoms with Gasteiger partial charge in [-0.1, -0.05) is 19.1 Å². The van der Waals surface area contributed by atoms with Crippen molar-refractivity contribution in [3.8, 4) is 11.3 Å². The number of halogens is 1. The van der Waals surface area contributed by atoms with E-state index in [1.807, 2.05) is 30.3 Å². The summed E-state index contributed by atoms with van der Waals surface area (Å²) < 4.78 is 13.2. The fourth-order valence-corrected chi connectivity index (χ4v) is 3.19. The van der Waals surface area contributed by atoms with Crippen molar-refractivity contribution in [2.24, 2.45) is 0 Å². The Balaban J connectivity index is 1.66. The summed E-state index contributed by atoms with van der Waals surface area (Å²) in [6.45, 7) is 2.10. The number of hydrogen-bond donors (Lipinski definition) is 0. The van der Waals surface area contributed by atoms with Crippen LogP contribution in [0.2, 0.25) is 0 Å². The predicted molar refractivity (Wildman–Crippen MR) is 109 cm³/mol. The van der Waals surface area contributed by atoms with Gasteiger partial charge in [-0.05, 0) is 41.8 Å². The molecule has 3 aromatic heterocycles. The van der Waals surface area contributed by atoms with Crippen LogP contribution in [-0.4, -0.2) is 24.9 Å². The average molecular weight is 385 g/mol. The molecule has 5 nitrogen and oxygen atoms in total. The van der Waals surface area contributed by atoms with Crippen LogP contribution in [0.1, 0.15) is 35.6 Å². The molecule has 0 saturated carbocycles. The summed E-state index contributed by atoms with van der Waals surface area (Å²) in [5.41, 5.74) is 4.62. The normalized spacial score (nSPS) is 11.9. The van der Waals surface area contributed by atoms with E-state index >= 15 is 0 Å². The van der Waals surface area contributed by atoms with Gasteiger partial charge in [0.15, 0.2) is 0 Å². The predicted octanol–water partition coefficient (Wildman–Crippen LogP) is 4.40. The molecule has 0 saturated heterocycles. The van der Waals surface area contributed by atoms with Crippen LogP contribution >= 0.6 is 0 Å². The molecule has 0 aliphatic carbocycles. The van der Waals surface area contributed by atoms with Crippen LogP contribution in [0, 0.1) is 5.82 Å². The molecular formula is C23H20FN5. The highest BCUT2D eigenvalue weighted by atomic mass is 19.1. The highest BCUT2D eigenvalue weighted by Gasteiger charge is 2.13. The molecular weight excluding hydrogens is 365 g/mol. The van der Waals surface area contributed by atoms with Gasteiger partial charge in [-0.15, -0.1) is 0 Å². The first kappa shape index (κ1) is 18.8. The van der Waals surface area contributed by atoms with E-state index in [9.17, 15) is 4.39 Å². The Labute approximate surface area is 168 Å². The number of benzene rings is 1. The molecule has 0 amide bonds. The molecule has 4 rings (SSSR count). The van der Waals surface area contributed by atoms with Gasteiger partial charge in [-0.3, -0.25) is 15.0 Å². The van der Waals surface area contributed by atoms with Crippen molar-refractivity contribution in [2.45, 2.75) is 25.7 Å². The van der Waals surface area contributed by atoms with E-state index in [2.05, 4.69) is 21.9 Å². The van der Waals surface area contributed by atoms with Crippen molar-refractivity contribution in [1.82, 2.24) is 24.9 Å². The Morgan fingerprint density at radius 1 is 0.862 bits per heavy atom. The minimum atomic E-state index is -0.233. The van der Waals surface area contributed by atoms with E-state index in [0.29, 0.717) is 12.8 Å². The number of nitrogens with zero attached hydrogens (tertiary/aromatic N) is 5. The van der Waals surface area contributed by atoms with Crippen LogP contribution in [-0.2, 0) is 12.8 Å². The first-order valence-corrected chi connectivity index (χ1v) is 9.45. The first-order valence-electron chi connectivity index (χ1n) is 9.45. The molecule has 0 bridgehead atoms. The van der Waals surface area contributed by atoms with E-state index in [-0.39, 0.29) is 11.7 Å². The minimum absolute atomic E-state index is 0.160. The van der Waals surface area contributed by atoms with E-state index in [1.54, 1.807) is 31.0 Å². The van der Waals surface area contributed by atoms with Gasteiger partial charge in [-0.2, -0.15) is 0 Å². The van der Waals surface area contributed by atoms with E-state index in [4.69, 9.17) is 9.97 Å². The zero-order chi connectivity index (χ0) is 20.1. The highest BCUT2D eigenvalue weighted by molar-refractivity contribution is 5.58. The summed E-state index contributed by atoms with van der Waals surface area (Å²) in [5, 5.41) is 0. The summed E-state index contributed by atoms with van der Waals surface area (Å²) in [6, 6.07) is 12.4. The Kier molecular flexibility index (Phi) is 5.61. The molecule has 29 heavy (non-hydrogen) atoms. The lowest BCUT2D eigenvalue weighted by Crippen LogP contribution is -2.07. The smallest absolute Gasteiger partial charge is 0.129 e. The minimum Gasteiger partial charge on any atom is -0.265 e. The lowest BCUT2D eigenvalue weighted by molar-refractivity contribution is 0.624. The molecule has 144 valence electrons. The number of pyridine rings is 1. The van der Waals surface area contributed by atoms with Gasteiger partial charge in [0.05, 0.1) is 17.1 Å². The third-order valence-corrected chi connectivity index (χ3v) is 4.71. The maximum atomic E-state index is 13.2. The molecule has 1 aromatic carbocycles. The van der Waals surface area contributed by atoms with Gasteiger partial charge in [0.2, 0.25) is 0 Å². The topological polar surface area (TPSA) is 64.5 Å². The fraction of sp³-hybridized carbons (Fsp3) is 0.174. The van der Waals surface area contributed by atoms with Gasteiger partial charge in [-0.25, -0.2) is 14.4 Å². The van der Waals surface area contributed by atoms with E-state index in [0.717, 1.165) is 34.0 Å². The van der Waals surface area contributed by atoms with Crippen LogP contribution in [0.4, 0.5) is 4.39 Å². The van der Waals surface area contributed by atoms with Crippen molar-refractivity contribution in [3.63, 3.8) is 0 Å². The average Bonchev–Trinajstić information content (AvgIpc) is 2.75. The highest BCUT2D eigenvalue weighted by Crippen LogP contribution is 2.23. The summed E-state index contributed by atoms with van der Waals surface area (Å²) in [6.07, 6.45) is 9.81. The summed E-state index contributed by atoms with van der Waals surface area (Å²) in [7, 11) is 0. The van der Waals surface area contributed by atoms with Gasteiger partial charge < -0.3 is 0 Å². The maximum absolute atomic E-state index is 13.2. The van der Waals surface area contributed by atoms with Gasteiger partial charge in [0.1, 0.15) is 11.6 Å². The second-order valence-corrected chi connectivity index (χ2v) is 6.93. The quantitative estimate of drug-likeness (QED) is 0.492. The van der Waals surface area contributed by atoms with Crippen molar-refractivity contribution in [1.29, 1.82) is 0 Å². The lowest BCUT2D eigenvalue weighted by Gasteiger charge is -2.13. The molecule has 0 N–H and O–H groups in total. The zero-order valence-electron chi connectivity index (χ0n) is 16.0. The Hall–Kier alpha value is -3.54. The van der Waals surface area contributed by atoms with Crippen molar-refractivity contribution < 1.29 is 4.39 Å². The van der Waals surface area contributed by atoms with Crippen LogP contribution in [0.15, 0.2) is 73.4 Å². The second-order valence-electron chi connectivity index (χ2n) is 6.93. The monoisotopic (exact) mass is 385 g/mol. The molecule has 0 unspecified atom stereocenters. The first-order chi connectivity index (χ1) is 14.2. The third-order valence-electron chi connectivity index (χ3n) is 4.71. The van der Waals surface area contributed by atoms with Crippen LogP contribution in [0.3, 0.4) is 0 Å². The van der Waals surface area contributed by atoms with E-state index < -0.39 is 0 Å². The molecule has 0 aliphatic rings. The lowest BCUT2D eigenvalue weighted by atomic mass is 9.97. The largest absolute Gasteiger partial charge is 0.265 e. The summed E-state index contributed by atoms with van der Waals surface area (Å²) >= 11 is 0. The van der Waals surface area contributed by atoms with Crippen molar-refractivity contribution in [2.75, 3.05) is 0 Å². The molecule has 0 aliphatic heterocycles. The number of rotatable bonds is 6. The third kappa shape index (κ3) is 4.85. The van der Waals surface area contributed by atoms with Gasteiger partial charge in [0, 0.05) is 49.4 Å². The van der Waals surface area contributed by atoms with Gasteiger partial charge in [0.25, 0.3) is 0 Å². The molecule has 4 aromatic rings. The van der Waals surface area contributed by atoms with Crippen LogP contribution < -0.4 is 0 Å². The standard InChI is InChI=1S/C23H20FN5/c1-16(17-2-4-19(24)5-3-17)12-23-28-20(13-21-15-26-10-11-27-21)14-22(29-23)18-6-8-25-9-7-18/h2-11,14-16H,12-13H2,1H3/t16-/m1/s1. The van der Waals surface area contributed by atoms with E-state index in [1.165, 1.54) is 12.1 Å². The number of aromatic nitrogens is 5.